The molecule has 0 bridgehead atoms. The normalized spacial score (nSPS) is 12.7. The van der Waals surface area contributed by atoms with Crippen molar-refractivity contribution in [1.29, 1.82) is 0 Å². The third kappa shape index (κ3) is 13.7. The lowest BCUT2D eigenvalue weighted by Crippen LogP contribution is -2.68. The highest BCUT2D eigenvalue weighted by Crippen LogP contribution is 2.22. The maximum Gasteiger partial charge on any atom is 0.573 e. The minimum absolute atomic E-state index is 0.0000309. The van der Waals surface area contributed by atoms with Crippen LogP contribution in [0, 0.1) is 5.92 Å². The fourth-order valence-electron chi connectivity index (χ4n) is 4.36. The average Bonchev–Trinajstić information content (AvgIpc) is 2.97. The number of ether oxygens (including phenoxy) is 1. The molecule has 14 heteroatoms. The summed E-state index contributed by atoms with van der Waals surface area (Å²) in [6.07, 6.45) is -2.94. The average molecular weight is 612 g/mol. The number of halogens is 3. The van der Waals surface area contributed by atoms with E-state index >= 15 is 0 Å². The molecule has 0 aliphatic carbocycles. The van der Waals surface area contributed by atoms with Gasteiger partial charge in [-0.15, -0.1) is 13.2 Å². The van der Waals surface area contributed by atoms with Crippen LogP contribution >= 0.6 is 0 Å². The Bertz CT molecular complexity index is 1180. The van der Waals surface area contributed by atoms with E-state index in [1.54, 1.807) is 0 Å². The summed E-state index contributed by atoms with van der Waals surface area (Å²) in [7, 11) is 0. The number of hydrogen-bond donors (Lipinski definition) is 6. The predicted molar refractivity (Wildman–Crippen MR) is 149 cm³/mol. The van der Waals surface area contributed by atoms with Crippen molar-refractivity contribution < 1.29 is 54.3 Å². The molecule has 0 fully saturated rings. The van der Waals surface area contributed by atoms with Crippen LogP contribution in [0.25, 0.3) is 0 Å². The van der Waals surface area contributed by atoms with Gasteiger partial charge in [-0.05, 0) is 36.1 Å². The van der Waals surface area contributed by atoms with Gasteiger partial charge in [-0.2, -0.15) is 0 Å². The molecule has 0 spiro atoms. The Morgan fingerprint density at radius 2 is 1.44 bits per heavy atom. The fourth-order valence-corrected chi connectivity index (χ4v) is 4.36. The zero-order valence-corrected chi connectivity index (χ0v) is 24.1. The highest BCUT2D eigenvalue weighted by molar-refractivity contribution is 5.92. The predicted octanol–water partition coefficient (Wildman–Crippen LogP) is -1.11. The number of nitrogens with one attached hydrogen (secondary N) is 3. The molecule has 2 aromatic carbocycles. The molecule has 11 nitrogen and oxygen atoms in total. The van der Waals surface area contributed by atoms with Gasteiger partial charge in [0.15, 0.2) is 6.04 Å². The molecule has 0 aromatic heterocycles. The van der Waals surface area contributed by atoms with Gasteiger partial charge in [0.2, 0.25) is 11.8 Å². The minimum atomic E-state index is -4.81. The van der Waals surface area contributed by atoms with Gasteiger partial charge < -0.3 is 37.9 Å². The van der Waals surface area contributed by atoms with Crippen LogP contribution in [0.15, 0.2) is 54.6 Å². The van der Waals surface area contributed by atoms with Crippen molar-refractivity contribution in [2.75, 3.05) is 19.6 Å². The van der Waals surface area contributed by atoms with E-state index in [0.29, 0.717) is 37.9 Å². The smallest absolute Gasteiger partial charge is 0.406 e. The van der Waals surface area contributed by atoms with Gasteiger partial charge in [0, 0.05) is 25.3 Å². The summed E-state index contributed by atoms with van der Waals surface area (Å²) in [5.74, 6) is -2.38. The summed E-state index contributed by atoms with van der Waals surface area (Å²) in [6, 6.07) is 12.5. The highest BCUT2D eigenvalue weighted by atomic mass is 19.4. The van der Waals surface area contributed by atoms with Crippen LogP contribution in [0.5, 0.6) is 5.75 Å². The Morgan fingerprint density at radius 1 is 0.814 bits per heavy atom. The SMILES string of the molecule is [NH3+]CCC(CC[NH3+])C(=O)C[C@H]([NH3+])C(=O)NCC(=O)N[C@@H](CCc1ccccc1)C(=O)NCc1ccc(OC(F)(F)F)cc1. The van der Waals surface area contributed by atoms with E-state index in [1.807, 2.05) is 30.3 Å². The molecular weight excluding hydrogens is 569 g/mol. The Labute approximate surface area is 248 Å². The summed E-state index contributed by atoms with van der Waals surface area (Å²) in [5.41, 5.74) is 12.8. The minimum Gasteiger partial charge on any atom is -0.406 e. The second-order valence-corrected chi connectivity index (χ2v) is 10.1. The summed E-state index contributed by atoms with van der Waals surface area (Å²) in [5, 5.41) is 7.79. The molecule has 0 unspecified atom stereocenters. The van der Waals surface area contributed by atoms with Crippen LogP contribution in [0.3, 0.4) is 0 Å². The van der Waals surface area contributed by atoms with Crippen LogP contribution in [0.2, 0.25) is 0 Å². The van der Waals surface area contributed by atoms with Gasteiger partial charge in [-0.25, -0.2) is 0 Å². The lowest BCUT2D eigenvalue weighted by Gasteiger charge is -2.19. The van der Waals surface area contributed by atoms with E-state index in [2.05, 4.69) is 37.9 Å². The van der Waals surface area contributed by atoms with Crippen LogP contribution in [0.4, 0.5) is 13.2 Å². The summed E-state index contributed by atoms with van der Waals surface area (Å²) >= 11 is 0. The first-order chi connectivity index (χ1) is 20.4. The van der Waals surface area contributed by atoms with Crippen molar-refractivity contribution in [2.24, 2.45) is 5.92 Å². The maximum absolute atomic E-state index is 13.0. The van der Waals surface area contributed by atoms with Gasteiger partial charge in [0.25, 0.3) is 5.91 Å². The quantitative estimate of drug-likeness (QED) is 0.124. The molecule has 12 N–H and O–H groups in total. The number of carbonyl (C=O) groups is 4. The molecule has 0 aliphatic heterocycles. The number of quaternary nitrogens is 3. The van der Waals surface area contributed by atoms with Crippen LogP contribution in [-0.2, 0) is 32.1 Å². The zero-order valence-electron chi connectivity index (χ0n) is 24.1. The van der Waals surface area contributed by atoms with E-state index in [0.717, 1.165) is 17.7 Å². The monoisotopic (exact) mass is 611 g/mol. The Balaban J connectivity index is 1.95. The largest absolute Gasteiger partial charge is 0.573 e. The summed E-state index contributed by atoms with van der Waals surface area (Å²) < 4.78 is 41.0. The van der Waals surface area contributed by atoms with Gasteiger partial charge >= 0.3 is 6.36 Å². The molecular formula is C29H42F3N6O5+3. The molecule has 3 amide bonds. The van der Waals surface area contributed by atoms with Crippen molar-refractivity contribution in [3.05, 3.63) is 65.7 Å². The van der Waals surface area contributed by atoms with Crippen molar-refractivity contribution in [1.82, 2.24) is 16.0 Å². The van der Waals surface area contributed by atoms with Gasteiger partial charge in [0.05, 0.1) is 26.1 Å². The van der Waals surface area contributed by atoms with E-state index in [9.17, 15) is 32.3 Å². The number of amides is 3. The molecule has 43 heavy (non-hydrogen) atoms. The third-order valence-electron chi connectivity index (χ3n) is 6.64. The van der Waals surface area contributed by atoms with Gasteiger partial charge in [-0.1, -0.05) is 42.5 Å². The first-order valence-electron chi connectivity index (χ1n) is 14.1. The number of ketones is 1. The molecule has 0 radical (unpaired) electrons. The number of benzene rings is 2. The zero-order chi connectivity index (χ0) is 31.8. The maximum atomic E-state index is 13.0. The molecule has 0 heterocycles. The van der Waals surface area contributed by atoms with E-state index in [-0.39, 0.29) is 36.8 Å². The molecule has 2 aromatic rings. The summed E-state index contributed by atoms with van der Waals surface area (Å²) in [6.45, 7) is 0.760. The molecule has 2 atom stereocenters. The standard InChI is InChI=1S/C29H39F3N6O5/c30-29(31,32)43-22-9-6-20(7-10-22)17-36-28(42)24(11-8-19-4-2-1-3-5-19)38-26(40)18-37-27(41)23(35)16-25(39)21(12-14-33)13-15-34/h1-7,9-10,21,23-24H,8,11-18,33-35H2,(H,36,42)(H,37,41)(H,38,40)/p+3/t23-,24-/m0/s1. The molecule has 0 saturated heterocycles. The highest BCUT2D eigenvalue weighted by Gasteiger charge is 2.31. The topological polar surface area (TPSA) is 197 Å². The fraction of sp³-hybridized carbons (Fsp3) is 0.448. The Kier molecular flexibility index (Phi) is 14.6. The first-order valence-corrected chi connectivity index (χ1v) is 14.1. The second kappa shape index (κ2) is 17.8. The van der Waals surface area contributed by atoms with Crippen LogP contribution in [0.1, 0.15) is 36.8 Å². The van der Waals surface area contributed by atoms with Gasteiger partial charge in [0.1, 0.15) is 17.6 Å². The van der Waals surface area contributed by atoms with Crippen LogP contribution < -0.4 is 37.9 Å². The number of hydrogen-bond acceptors (Lipinski definition) is 5. The van der Waals surface area contributed by atoms with Crippen molar-refractivity contribution in [3.63, 3.8) is 0 Å². The number of aryl methyl sites for hydroxylation is 1. The number of Topliss-reactive ketones (excluding diaryl/α,β-unsaturated/α-hetero) is 1. The van der Waals surface area contributed by atoms with Crippen molar-refractivity contribution in [2.45, 2.75) is 57.1 Å². The Hall–Kier alpha value is -4.01. The van der Waals surface area contributed by atoms with Gasteiger partial charge in [-0.3, -0.25) is 19.2 Å². The van der Waals surface area contributed by atoms with Crippen LogP contribution in [-0.4, -0.2) is 61.6 Å². The second-order valence-electron chi connectivity index (χ2n) is 10.1. The lowest BCUT2D eigenvalue weighted by atomic mass is 9.92. The van der Waals surface area contributed by atoms with Crippen molar-refractivity contribution >= 4 is 23.5 Å². The number of carbonyl (C=O) groups excluding carboxylic acids is 4. The number of rotatable bonds is 18. The van der Waals surface area contributed by atoms with E-state index < -0.39 is 42.7 Å². The molecule has 2 rings (SSSR count). The van der Waals surface area contributed by atoms with E-state index in [1.165, 1.54) is 12.1 Å². The summed E-state index contributed by atoms with van der Waals surface area (Å²) in [4.78, 5) is 50.8. The molecule has 0 aliphatic rings. The lowest BCUT2D eigenvalue weighted by molar-refractivity contribution is -0.403. The molecule has 236 valence electrons. The third-order valence-corrected chi connectivity index (χ3v) is 6.64. The Morgan fingerprint density at radius 3 is 2.02 bits per heavy atom. The van der Waals surface area contributed by atoms with Crippen molar-refractivity contribution in [3.8, 4) is 5.75 Å². The number of alkyl halides is 3. The molecule has 0 saturated carbocycles. The first kappa shape index (κ1) is 35.2. The van der Waals surface area contributed by atoms with E-state index in [4.69, 9.17) is 0 Å².